The molecule has 1 heterocycles. The number of nitrogens with one attached hydrogen (secondary N) is 2. The van der Waals surface area contributed by atoms with Crippen LogP contribution in [-0.4, -0.2) is 28.6 Å². The number of guanidine groups is 1. The summed E-state index contributed by atoms with van der Waals surface area (Å²) in [4.78, 5) is 8.46. The van der Waals surface area contributed by atoms with Gasteiger partial charge in [-0.15, -0.1) is 0 Å². The fraction of sp³-hybridized carbons (Fsp3) is 0.444. The summed E-state index contributed by atoms with van der Waals surface area (Å²) in [7, 11) is 0. The van der Waals surface area contributed by atoms with Crippen LogP contribution in [0.4, 0.5) is 4.39 Å². The predicted octanol–water partition coefficient (Wildman–Crippen LogP) is 3.11. The summed E-state index contributed by atoms with van der Waals surface area (Å²) >= 11 is 0. The molecular weight excluding hydrogens is 305 g/mol. The van der Waals surface area contributed by atoms with E-state index in [2.05, 4.69) is 34.5 Å². The zero-order chi connectivity index (χ0) is 17.4. The van der Waals surface area contributed by atoms with E-state index in [-0.39, 0.29) is 5.82 Å². The van der Waals surface area contributed by atoms with E-state index in [1.807, 2.05) is 13.0 Å². The standard InChI is InChI=1S/C18H26FN5/c1-4-21-18(22-8-7-14(2)3)23-12-15-5-6-17(16(19)11-15)24-10-9-20-13-24/h5-6,9-11,13-14H,4,7-8,12H2,1-3H3,(H2,21,22,23). The van der Waals surface area contributed by atoms with Crippen LogP contribution in [0, 0.1) is 11.7 Å². The lowest BCUT2D eigenvalue weighted by Crippen LogP contribution is -2.38. The summed E-state index contributed by atoms with van der Waals surface area (Å²) in [6.07, 6.45) is 6.01. The summed E-state index contributed by atoms with van der Waals surface area (Å²) in [5.41, 5.74) is 1.32. The van der Waals surface area contributed by atoms with E-state index in [1.165, 1.54) is 6.07 Å². The minimum Gasteiger partial charge on any atom is -0.357 e. The van der Waals surface area contributed by atoms with Gasteiger partial charge >= 0.3 is 0 Å². The zero-order valence-corrected chi connectivity index (χ0v) is 14.6. The van der Waals surface area contributed by atoms with Gasteiger partial charge in [0.2, 0.25) is 0 Å². The van der Waals surface area contributed by atoms with Crippen LogP contribution in [0.2, 0.25) is 0 Å². The Kier molecular flexibility index (Phi) is 6.78. The van der Waals surface area contributed by atoms with Crippen LogP contribution in [0.1, 0.15) is 32.8 Å². The van der Waals surface area contributed by atoms with Gasteiger partial charge in [-0.05, 0) is 37.0 Å². The van der Waals surface area contributed by atoms with Crippen LogP contribution >= 0.6 is 0 Å². The summed E-state index contributed by atoms with van der Waals surface area (Å²) < 4.78 is 15.9. The minimum absolute atomic E-state index is 0.279. The van der Waals surface area contributed by atoms with Gasteiger partial charge < -0.3 is 15.2 Å². The lowest BCUT2D eigenvalue weighted by molar-refractivity contribution is 0.573. The fourth-order valence-corrected chi connectivity index (χ4v) is 2.25. The Morgan fingerprint density at radius 1 is 1.33 bits per heavy atom. The SMILES string of the molecule is CCNC(=NCc1ccc(-n2ccnc2)c(F)c1)NCCC(C)C. The number of nitrogens with zero attached hydrogens (tertiary/aromatic N) is 3. The number of aromatic nitrogens is 2. The molecule has 5 nitrogen and oxygen atoms in total. The maximum atomic E-state index is 14.2. The summed E-state index contributed by atoms with van der Waals surface area (Å²) in [6.45, 7) is 8.50. The van der Waals surface area contributed by atoms with Crippen molar-refractivity contribution in [1.82, 2.24) is 20.2 Å². The molecule has 2 aromatic rings. The quantitative estimate of drug-likeness (QED) is 0.605. The highest BCUT2D eigenvalue weighted by atomic mass is 19.1. The van der Waals surface area contributed by atoms with Crippen LogP contribution in [0.15, 0.2) is 41.9 Å². The molecule has 130 valence electrons. The van der Waals surface area contributed by atoms with Gasteiger partial charge in [-0.3, -0.25) is 0 Å². The van der Waals surface area contributed by atoms with Crippen LogP contribution < -0.4 is 10.6 Å². The second-order valence-electron chi connectivity index (χ2n) is 6.06. The number of hydrogen-bond donors (Lipinski definition) is 2. The molecule has 1 aromatic carbocycles. The summed E-state index contributed by atoms with van der Waals surface area (Å²) in [6, 6.07) is 5.16. The fourth-order valence-electron chi connectivity index (χ4n) is 2.25. The van der Waals surface area contributed by atoms with Crippen molar-refractivity contribution in [1.29, 1.82) is 0 Å². The average Bonchev–Trinajstić information content (AvgIpc) is 3.06. The highest BCUT2D eigenvalue weighted by molar-refractivity contribution is 5.79. The second kappa shape index (κ2) is 9.05. The summed E-state index contributed by atoms with van der Waals surface area (Å²) in [5, 5.41) is 6.51. The number of aliphatic imine (C=N–C) groups is 1. The first kappa shape index (κ1) is 18.0. The lowest BCUT2D eigenvalue weighted by Gasteiger charge is -2.12. The Morgan fingerprint density at radius 2 is 2.17 bits per heavy atom. The molecule has 2 N–H and O–H groups in total. The number of halogens is 1. The third-order valence-corrected chi connectivity index (χ3v) is 3.57. The van der Waals surface area contributed by atoms with Crippen LogP contribution in [-0.2, 0) is 6.54 Å². The van der Waals surface area contributed by atoms with Crippen molar-refractivity contribution in [3.05, 3.63) is 48.3 Å². The van der Waals surface area contributed by atoms with E-state index >= 15 is 0 Å². The zero-order valence-electron chi connectivity index (χ0n) is 14.6. The Bertz CT molecular complexity index is 649. The van der Waals surface area contributed by atoms with Crippen molar-refractivity contribution < 1.29 is 4.39 Å². The lowest BCUT2D eigenvalue weighted by atomic mass is 10.1. The molecule has 0 amide bonds. The molecule has 0 saturated heterocycles. The molecule has 0 bridgehead atoms. The molecule has 0 unspecified atom stereocenters. The largest absolute Gasteiger partial charge is 0.357 e. The Labute approximate surface area is 143 Å². The average molecular weight is 331 g/mol. The second-order valence-corrected chi connectivity index (χ2v) is 6.06. The number of imidazole rings is 1. The number of benzene rings is 1. The van der Waals surface area contributed by atoms with Gasteiger partial charge in [0.25, 0.3) is 0 Å². The highest BCUT2D eigenvalue weighted by Crippen LogP contribution is 2.15. The summed E-state index contributed by atoms with van der Waals surface area (Å²) in [5.74, 6) is 1.13. The molecule has 0 aliphatic rings. The Morgan fingerprint density at radius 3 is 2.79 bits per heavy atom. The first-order valence-electron chi connectivity index (χ1n) is 8.39. The topological polar surface area (TPSA) is 54.2 Å². The van der Waals surface area contributed by atoms with Crippen molar-refractivity contribution in [2.45, 2.75) is 33.7 Å². The van der Waals surface area contributed by atoms with Gasteiger partial charge in [0, 0.05) is 25.5 Å². The van der Waals surface area contributed by atoms with Crippen LogP contribution in [0.25, 0.3) is 5.69 Å². The molecule has 2 rings (SSSR count). The van der Waals surface area contributed by atoms with Crippen molar-refractivity contribution >= 4 is 5.96 Å². The van der Waals surface area contributed by atoms with E-state index in [4.69, 9.17) is 0 Å². The third kappa shape index (κ3) is 5.37. The van der Waals surface area contributed by atoms with Crippen LogP contribution in [0.3, 0.4) is 0 Å². The molecule has 0 aliphatic carbocycles. The molecule has 6 heteroatoms. The van der Waals surface area contributed by atoms with Gasteiger partial charge in [0.15, 0.2) is 5.96 Å². The van der Waals surface area contributed by atoms with E-state index in [0.717, 1.165) is 31.0 Å². The molecule has 24 heavy (non-hydrogen) atoms. The van der Waals surface area contributed by atoms with Crippen molar-refractivity contribution in [2.75, 3.05) is 13.1 Å². The highest BCUT2D eigenvalue weighted by Gasteiger charge is 2.05. The molecule has 0 aliphatic heterocycles. The van der Waals surface area contributed by atoms with Gasteiger partial charge in [-0.2, -0.15) is 0 Å². The first-order chi connectivity index (χ1) is 11.6. The molecule has 0 fully saturated rings. The maximum Gasteiger partial charge on any atom is 0.191 e. The van der Waals surface area contributed by atoms with Gasteiger partial charge in [0.1, 0.15) is 5.82 Å². The molecule has 0 radical (unpaired) electrons. The van der Waals surface area contributed by atoms with Crippen LogP contribution in [0.5, 0.6) is 0 Å². The van der Waals surface area contributed by atoms with Crippen molar-refractivity contribution in [3.8, 4) is 5.69 Å². The smallest absolute Gasteiger partial charge is 0.191 e. The van der Waals surface area contributed by atoms with E-state index in [1.54, 1.807) is 29.4 Å². The van der Waals surface area contributed by atoms with E-state index in [0.29, 0.717) is 18.2 Å². The molecule has 0 saturated carbocycles. The third-order valence-electron chi connectivity index (χ3n) is 3.57. The number of hydrogen-bond acceptors (Lipinski definition) is 2. The van der Waals surface area contributed by atoms with Gasteiger partial charge in [-0.25, -0.2) is 14.4 Å². The Balaban J connectivity index is 2.01. The normalized spacial score (nSPS) is 11.8. The minimum atomic E-state index is -0.279. The first-order valence-corrected chi connectivity index (χ1v) is 8.39. The molecular formula is C18H26FN5. The molecule has 1 aromatic heterocycles. The van der Waals surface area contributed by atoms with E-state index in [9.17, 15) is 4.39 Å². The predicted molar refractivity (Wildman–Crippen MR) is 95.8 cm³/mol. The van der Waals surface area contributed by atoms with Gasteiger partial charge in [-0.1, -0.05) is 19.9 Å². The monoisotopic (exact) mass is 331 g/mol. The molecule has 0 spiro atoms. The molecule has 0 atom stereocenters. The Hall–Kier alpha value is -2.37. The van der Waals surface area contributed by atoms with Crippen molar-refractivity contribution in [2.24, 2.45) is 10.9 Å². The van der Waals surface area contributed by atoms with Crippen molar-refractivity contribution in [3.63, 3.8) is 0 Å². The number of rotatable bonds is 7. The maximum absolute atomic E-state index is 14.2. The van der Waals surface area contributed by atoms with Gasteiger partial charge in [0.05, 0.1) is 18.6 Å². The van der Waals surface area contributed by atoms with E-state index < -0.39 is 0 Å².